The molecule has 84 valence electrons. The molecule has 0 saturated heterocycles. The molecule has 1 unspecified atom stereocenters. The van der Waals surface area contributed by atoms with E-state index in [0.29, 0.717) is 6.04 Å². The smallest absolute Gasteiger partial charge is 0.103 e. The second-order valence-corrected chi connectivity index (χ2v) is 3.90. The van der Waals surface area contributed by atoms with Gasteiger partial charge in [-0.15, -0.1) is 6.58 Å². The number of nitrogens with one attached hydrogen (secondary N) is 1. The van der Waals surface area contributed by atoms with Crippen molar-refractivity contribution in [3.63, 3.8) is 0 Å². The summed E-state index contributed by atoms with van der Waals surface area (Å²) in [6.45, 7) is 7.00. The minimum Gasteiger partial charge on any atom is -0.469 e. The van der Waals surface area contributed by atoms with Crippen molar-refractivity contribution in [2.75, 3.05) is 6.54 Å². The summed E-state index contributed by atoms with van der Waals surface area (Å²) in [5.74, 6) is 1.08. The molecule has 2 nitrogen and oxygen atoms in total. The van der Waals surface area contributed by atoms with Crippen LogP contribution in [0, 0.1) is 0 Å². The first-order valence-electron chi connectivity index (χ1n) is 5.69. The second-order valence-electron chi connectivity index (χ2n) is 3.90. The molecule has 2 heteroatoms. The third-order valence-electron chi connectivity index (χ3n) is 2.48. The van der Waals surface area contributed by atoms with E-state index in [0.717, 1.165) is 31.6 Å². The van der Waals surface area contributed by atoms with Crippen molar-refractivity contribution in [2.24, 2.45) is 0 Å². The Labute approximate surface area is 92.4 Å². The highest BCUT2D eigenvalue weighted by atomic mass is 16.3. The predicted octanol–water partition coefficient (Wildman–Crippen LogP) is 3.16. The van der Waals surface area contributed by atoms with E-state index in [-0.39, 0.29) is 0 Å². The van der Waals surface area contributed by atoms with Gasteiger partial charge in [0.05, 0.1) is 6.26 Å². The molecule has 1 heterocycles. The summed E-state index contributed by atoms with van der Waals surface area (Å²) in [5, 5.41) is 3.49. The molecule has 0 saturated carbocycles. The summed E-state index contributed by atoms with van der Waals surface area (Å²) >= 11 is 0. The van der Waals surface area contributed by atoms with E-state index in [4.69, 9.17) is 4.42 Å². The van der Waals surface area contributed by atoms with Crippen molar-refractivity contribution in [1.82, 2.24) is 5.32 Å². The second kappa shape index (κ2) is 7.30. The number of hydrogen-bond donors (Lipinski definition) is 1. The summed E-state index contributed by atoms with van der Waals surface area (Å²) in [5.41, 5.74) is 0. The molecule has 1 aromatic rings. The van der Waals surface area contributed by atoms with Crippen molar-refractivity contribution >= 4 is 0 Å². The number of aryl methyl sites for hydroxylation is 1. The number of unbranched alkanes of at least 4 members (excludes halogenated alkanes) is 1. The van der Waals surface area contributed by atoms with Crippen LogP contribution in [0.3, 0.4) is 0 Å². The Hall–Kier alpha value is -1.02. The molecule has 0 fully saturated rings. The van der Waals surface area contributed by atoms with Crippen LogP contribution in [0.1, 0.15) is 31.9 Å². The molecule has 0 aliphatic carbocycles. The standard InChI is InChI=1S/C13H21NO/c1-3-4-5-10-14-12(2)8-9-13-7-6-11-15-13/h3,6-7,11-12,14H,1,4-5,8-10H2,2H3. The first-order chi connectivity index (χ1) is 7.33. The SMILES string of the molecule is C=CCCCNC(C)CCc1ccco1. The van der Waals surface area contributed by atoms with Crippen LogP contribution in [0.5, 0.6) is 0 Å². The Bertz CT molecular complexity index is 254. The van der Waals surface area contributed by atoms with Crippen LogP contribution in [0.4, 0.5) is 0 Å². The Kier molecular flexibility index (Phi) is 5.86. The Balaban J connectivity index is 2.03. The summed E-state index contributed by atoms with van der Waals surface area (Å²) in [6.07, 6.45) is 8.11. The van der Waals surface area contributed by atoms with Gasteiger partial charge >= 0.3 is 0 Å². The average molecular weight is 207 g/mol. The van der Waals surface area contributed by atoms with Crippen LogP contribution in [0.2, 0.25) is 0 Å². The van der Waals surface area contributed by atoms with Crippen LogP contribution in [0.25, 0.3) is 0 Å². The lowest BCUT2D eigenvalue weighted by atomic mass is 10.1. The van der Waals surface area contributed by atoms with Crippen molar-refractivity contribution in [3.8, 4) is 0 Å². The van der Waals surface area contributed by atoms with Gasteiger partial charge < -0.3 is 9.73 Å². The average Bonchev–Trinajstić information content (AvgIpc) is 2.74. The molecule has 1 N–H and O–H groups in total. The highest BCUT2D eigenvalue weighted by molar-refractivity contribution is 4.98. The molecule has 1 atom stereocenters. The molecule has 15 heavy (non-hydrogen) atoms. The fourth-order valence-electron chi connectivity index (χ4n) is 1.51. The zero-order valence-electron chi connectivity index (χ0n) is 9.54. The van der Waals surface area contributed by atoms with Crippen molar-refractivity contribution in [1.29, 1.82) is 0 Å². The van der Waals surface area contributed by atoms with Crippen LogP contribution in [-0.4, -0.2) is 12.6 Å². The zero-order chi connectivity index (χ0) is 10.9. The summed E-state index contributed by atoms with van der Waals surface area (Å²) in [6, 6.07) is 4.53. The maximum Gasteiger partial charge on any atom is 0.103 e. The third-order valence-corrected chi connectivity index (χ3v) is 2.48. The van der Waals surface area contributed by atoms with Gasteiger partial charge in [0.1, 0.15) is 5.76 Å². The molecule has 0 aromatic carbocycles. The van der Waals surface area contributed by atoms with Gasteiger partial charge in [-0.3, -0.25) is 0 Å². The Morgan fingerprint density at radius 1 is 1.60 bits per heavy atom. The highest BCUT2D eigenvalue weighted by Crippen LogP contribution is 2.05. The fraction of sp³-hybridized carbons (Fsp3) is 0.538. The lowest BCUT2D eigenvalue weighted by molar-refractivity contribution is 0.458. The van der Waals surface area contributed by atoms with E-state index in [9.17, 15) is 0 Å². The lowest BCUT2D eigenvalue weighted by Gasteiger charge is -2.12. The van der Waals surface area contributed by atoms with Crippen molar-refractivity contribution < 1.29 is 4.42 Å². The lowest BCUT2D eigenvalue weighted by Crippen LogP contribution is -2.27. The molecule has 1 rings (SSSR count). The zero-order valence-corrected chi connectivity index (χ0v) is 9.54. The van der Waals surface area contributed by atoms with E-state index >= 15 is 0 Å². The van der Waals surface area contributed by atoms with Gasteiger partial charge in [-0.05, 0) is 44.9 Å². The maximum absolute atomic E-state index is 5.29. The molecule has 0 aliphatic rings. The minimum atomic E-state index is 0.555. The van der Waals surface area contributed by atoms with Crippen LogP contribution in [-0.2, 0) is 6.42 Å². The highest BCUT2D eigenvalue weighted by Gasteiger charge is 2.02. The predicted molar refractivity (Wildman–Crippen MR) is 63.9 cm³/mol. The Morgan fingerprint density at radius 3 is 3.13 bits per heavy atom. The summed E-state index contributed by atoms with van der Waals surface area (Å²) in [7, 11) is 0. The number of furan rings is 1. The monoisotopic (exact) mass is 207 g/mol. The largest absolute Gasteiger partial charge is 0.469 e. The van der Waals surface area contributed by atoms with Crippen LogP contribution >= 0.6 is 0 Å². The summed E-state index contributed by atoms with van der Waals surface area (Å²) < 4.78 is 5.29. The third kappa shape index (κ3) is 5.43. The molecule has 0 spiro atoms. The minimum absolute atomic E-state index is 0.555. The van der Waals surface area contributed by atoms with E-state index in [1.165, 1.54) is 6.42 Å². The number of allylic oxidation sites excluding steroid dienone is 1. The van der Waals surface area contributed by atoms with E-state index < -0.39 is 0 Å². The number of hydrogen-bond acceptors (Lipinski definition) is 2. The van der Waals surface area contributed by atoms with Gasteiger partial charge in [-0.2, -0.15) is 0 Å². The van der Waals surface area contributed by atoms with Crippen molar-refractivity contribution in [3.05, 3.63) is 36.8 Å². The van der Waals surface area contributed by atoms with E-state index in [2.05, 4.69) is 18.8 Å². The molecule has 0 bridgehead atoms. The molecular weight excluding hydrogens is 186 g/mol. The van der Waals surface area contributed by atoms with Gasteiger partial charge in [0.25, 0.3) is 0 Å². The van der Waals surface area contributed by atoms with Gasteiger partial charge in [-0.25, -0.2) is 0 Å². The normalized spacial score (nSPS) is 12.6. The van der Waals surface area contributed by atoms with Crippen molar-refractivity contribution in [2.45, 2.75) is 38.6 Å². The number of rotatable bonds is 8. The molecule has 1 aromatic heterocycles. The molecular formula is C13H21NO. The fourth-order valence-corrected chi connectivity index (χ4v) is 1.51. The van der Waals surface area contributed by atoms with Gasteiger partial charge in [0.2, 0.25) is 0 Å². The van der Waals surface area contributed by atoms with Crippen LogP contribution in [0.15, 0.2) is 35.5 Å². The maximum atomic E-state index is 5.29. The van der Waals surface area contributed by atoms with Gasteiger partial charge in [0.15, 0.2) is 0 Å². The quantitative estimate of drug-likeness (QED) is 0.523. The Morgan fingerprint density at radius 2 is 2.47 bits per heavy atom. The first-order valence-corrected chi connectivity index (χ1v) is 5.69. The topological polar surface area (TPSA) is 25.2 Å². The van der Waals surface area contributed by atoms with Gasteiger partial charge in [0, 0.05) is 12.5 Å². The van der Waals surface area contributed by atoms with Gasteiger partial charge in [-0.1, -0.05) is 6.08 Å². The van der Waals surface area contributed by atoms with Crippen LogP contribution < -0.4 is 5.32 Å². The molecule has 0 aliphatic heterocycles. The van der Waals surface area contributed by atoms with E-state index in [1.807, 2.05) is 18.2 Å². The molecule has 0 amide bonds. The van der Waals surface area contributed by atoms with E-state index in [1.54, 1.807) is 6.26 Å². The first kappa shape index (κ1) is 12.1. The summed E-state index contributed by atoms with van der Waals surface area (Å²) in [4.78, 5) is 0. The molecule has 0 radical (unpaired) electrons.